The number of nitrogens with zero attached hydrogens (tertiary/aromatic N) is 3. The summed E-state index contributed by atoms with van der Waals surface area (Å²) in [6.07, 6.45) is 0.997. The van der Waals surface area contributed by atoms with Crippen molar-refractivity contribution >= 4 is 54.9 Å². The lowest BCUT2D eigenvalue weighted by Crippen LogP contribution is -2.45. The number of carbonyl (C=O) groups excluding carboxylic acids is 1. The first-order chi connectivity index (χ1) is 16.3. The van der Waals surface area contributed by atoms with E-state index in [0.717, 1.165) is 10.6 Å². The Kier molecular flexibility index (Phi) is 7.68. The number of rotatable bonds is 8. The smallest absolute Gasteiger partial charge is 0.264 e. The average molecular weight is 538 g/mol. The quantitative estimate of drug-likeness (QED) is 0.449. The third kappa shape index (κ3) is 6.68. The Morgan fingerprint density at radius 3 is 2.00 bits per heavy atom. The number of hydrogen-bond acceptors (Lipinski definition) is 7. The van der Waals surface area contributed by atoms with Crippen molar-refractivity contribution in [3.05, 3.63) is 71.0 Å². The van der Waals surface area contributed by atoms with Gasteiger partial charge in [0, 0.05) is 22.1 Å². The van der Waals surface area contributed by atoms with Gasteiger partial charge in [0.1, 0.15) is 6.04 Å². The number of amides is 1. The first-order valence-corrected chi connectivity index (χ1v) is 14.0. The van der Waals surface area contributed by atoms with Gasteiger partial charge in [-0.2, -0.15) is 0 Å². The molecule has 1 aromatic heterocycles. The zero-order valence-electron chi connectivity index (χ0n) is 19.4. The highest BCUT2D eigenvalue weighted by Gasteiger charge is 2.29. The fourth-order valence-corrected chi connectivity index (χ4v) is 5.56. The number of carbonyl (C=O) groups is 1. The molecule has 0 spiro atoms. The van der Waals surface area contributed by atoms with Crippen molar-refractivity contribution < 1.29 is 21.6 Å². The number of sulfonamides is 2. The number of aryl methyl sites for hydroxylation is 2. The molecule has 186 valence electrons. The summed E-state index contributed by atoms with van der Waals surface area (Å²) >= 11 is 5.88. The molecule has 3 rings (SSSR count). The van der Waals surface area contributed by atoms with Gasteiger partial charge in [0.05, 0.1) is 16.8 Å². The Bertz CT molecular complexity index is 1420. The van der Waals surface area contributed by atoms with Crippen molar-refractivity contribution in [1.82, 2.24) is 9.97 Å². The van der Waals surface area contributed by atoms with Crippen LogP contribution in [0.2, 0.25) is 5.02 Å². The maximum absolute atomic E-state index is 12.8. The van der Waals surface area contributed by atoms with Gasteiger partial charge in [0.25, 0.3) is 10.0 Å². The van der Waals surface area contributed by atoms with E-state index >= 15 is 0 Å². The van der Waals surface area contributed by atoms with E-state index in [-0.39, 0.29) is 22.2 Å². The van der Waals surface area contributed by atoms with Crippen molar-refractivity contribution in [2.24, 2.45) is 0 Å². The Labute approximate surface area is 209 Å². The van der Waals surface area contributed by atoms with E-state index in [1.54, 1.807) is 19.9 Å². The molecule has 0 unspecified atom stereocenters. The number of hydrogen-bond donors (Lipinski definition) is 2. The van der Waals surface area contributed by atoms with Crippen LogP contribution in [0.4, 0.5) is 17.3 Å². The van der Waals surface area contributed by atoms with Crippen molar-refractivity contribution in [3.8, 4) is 0 Å². The molecule has 3 aromatic rings. The molecule has 1 heterocycles. The molecule has 0 radical (unpaired) electrons. The van der Waals surface area contributed by atoms with Gasteiger partial charge in [0.15, 0.2) is 0 Å². The van der Waals surface area contributed by atoms with E-state index in [2.05, 4.69) is 20.0 Å². The van der Waals surface area contributed by atoms with Gasteiger partial charge >= 0.3 is 0 Å². The molecule has 0 saturated heterocycles. The van der Waals surface area contributed by atoms with Gasteiger partial charge in [-0.15, -0.1) is 0 Å². The summed E-state index contributed by atoms with van der Waals surface area (Å²) in [6.45, 7) is 4.89. The van der Waals surface area contributed by atoms with Crippen LogP contribution in [0.15, 0.2) is 59.5 Å². The van der Waals surface area contributed by atoms with Crippen LogP contribution in [0.3, 0.4) is 0 Å². The van der Waals surface area contributed by atoms with E-state index in [1.807, 2.05) is 0 Å². The normalized spacial score (nSPS) is 12.6. The van der Waals surface area contributed by atoms with Gasteiger partial charge < -0.3 is 5.32 Å². The summed E-state index contributed by atoms with van der Waals surface area (Å²) in [5.74, 6) is -0.653. The predicted molar refractivity (Wildman–Crippen MR) is 136 cm³/mol. The molecule has 0 bridgehead atoms. The SMILES string of the molecule is Cc1cc(C)nc(NS(=O)(=O)c2ccc(NC(=O)[C@H](C)N(c3ccc(Cl)cc3)S(C)(=O)=O)cc2)n1. The molecule has 0 aliphatic carbocycles. The second-order valence-electron chi connectivity index (χ2n) is 7.80. The molecular formula is C22H24ClN5O5S2. The third-order valence-electron chi connectivity index (χ3n) is 4.81. The molecule has 2 aromatic carbocycles. The van der Waals surface area contributed by atoms with Gasteiger partial charge in [-0.25, -0.2) is 31.5 Å². The van der Waals surface area contributed by atoms with E-state index in [4.69, 9.17) is 11.6 Å². The maximum atomic E-state index is 12.8. The minimum atomic E-state index is -3.97. The lowest BCUT2D eigenvalue weighted by molar-refractivity contribution is -0.116. The number of benzene rings is 2. The number of halogens is 1. The Morgan fingerprint density at radius 2 is 1.49 bits per heavy atom. The Balaban J connectivity index is 1.76. The predicted octanol–water partition coefficient (Wildman–Crippen LogP) is 3.34. The maximum Gasteiger partial charge on any atom is 0.264 e. The zero-order chi connectivity index (χ0) is 26.0. The van der Waals surface area contributed by atoms with E-state index in [9.17, 15) is 21.6 Å². The van der Waals surface area contributed by atoms with Crippen LogP contribution in [-0.2, 0) is 24.8 Å². The third-order valence-corrected chi connectivity index (χ3v) is 7.65. The summed E-state index contributed by atoms with van der Waals surface area (Å²) in [6, 6.07) is 12.1. The van der Waals surface area contributed by atoms with Crippen molar-refractivity contribution in [1.29, 1.82) is 0 Å². The van der Waals surface area contributed by atoms with Crippen LogP contribution in [0.25, 0.3) is 0 Å². The second-order valence-corrected chi connectivity index (χ2v) is 11.8. The lowest BCUT2D eigenvalue weighted by atomic mass is 10.2. The van der Waals surface area contributed by atoms with Crippen molar-refractivity contribution in [3.63, 3.8) is 0 Å². The first-order valence-electron chi connectivity index (χ1n) is 10.3. The monoisotopic (exact) mass is 537 g/mol. The van der Waals surface area contributed by atoms with E-state index in [0.29, 0.717) is 16.4 Å². The van der Waals surface area contributed by atoms with Crippen LogP contribution in [0, 0.1) is 13.8 Å². The minimum absolute atomic E-state index is 0.0447. The molecule has 0 fully saturated rings. The molecule has 13 heteroatoms. The molecule has 0 aliphatic rings. The average Bonchev–Trinajstić information content (AvgIpc) is 2.73. The molecule has 1 atom stereocenters. The summed E-state index contributed by atoms with van der Waals surface area (Å²) in [7, 11) is -7.77. The van der Waals surface area contributed by atoms with Crippen LogP contribution >= 0.6 is 11.6 Å². The van der Waals surface area contributed by atoms with Crippen LogP contribution in [-0.4, -0.2) is 45.0 Å². The van der Waals surface area contributed by atoms with Crippen molar-refractivity contribution in [2.75, 3.05) is 20.6 Å². The van der Waals surface area contributed by atoms with Crippen LogP contribution < -0.4 is 14.3 Å². The molecule has 0 aliphatic heterocycles. The highest BCUT2D eigenvalue weighted by atomic mass is 35.5. The molecule has 2 N–H and O–H groups in total. The van der Waals surface area contributed by atoms with Gasteiger partial charge in [-0.3, -0.25) is 9.10 Å². The molecule has 1 amide bonds. The van der Waals surface area contributed by atoms with Gasteiger partial charge in [-0.05, 0) is 75.4 Å². The van der Waals surface area contributed by atoms with Crippen LogP contribution in [0.5, 0.6) is 0 Å². The summed E-state index contributed by atoms with van der Waals surface area (Å²) < 4.78 is 53.5. The Hall–Kier alpha value is -3.22. The zero-order valence-corrected chi connectivity index (χ0v) is 21.7. The van der Waals surface area contributed by atoms with Crippen molar-refractivity contribution in [2.45, 2.75) is 31.7 Å². The van der Waals surface area contributed by atoms with Gasteiger partial charge in [0.2, 0.25) is 21.9 Å². The molecule has 35 heavy (non-hydrogen) atoms. The summed E-state index contributed by atoms with van der Waals surface area (Å²) in [5, 5.41) is 3.03. The van der Waals surface area contributed by atoms with Crippen LogP contribution in [0.1, 0.15) is 18.3 Å². The standard InChI is InChI=1S/C22H24ClN5O5S2/c1-14-13-15(2)25-22(24-14)27-35(32,33)20-11-7-18(8-12-20)26-21(29)16(3)28(34(4,30)31)19-9-5-17(23)6-10-19/h5-13,16H,1-4H3,(H,26,29)(H,24,25,27)/t16-/m0/s1. The van der Waals surface area contributed by atoms with E-state index in [1.165, 1.54) is 55.5 Å². The summed E-state index contributed by atoms with van der Waals surface area (Å²) in [4.78, 5) is 20.9. The highest BCUT2D eigenvalue weighted by Crippen LogP contribution is 2.24. The van der Waals surface area contributed by atoms with E-state index < -0.39 is 32.0 Å². The lowest BCUT2D eigenvalue weighted by Gasteiger charge is -2.28. The fraction of sp³-hybridized carbons (Fsp3) is 0.227. The minimum Gasteiger partial charge on any atom is -0.324 e. The number of nitrogens with one attached hydrogen (secondary N) is 2. The fourth-order valence-electron chi connectivity index (χ4n) is 3.31. The first kappa shape index (κ1) is 26.4. The highest BCUT2D eigenvalue weighted by molar-refractivity contribution is 7.92. The second kappa shape index (κ2) is 10.2. The Morgan fingerprint density at radius 1 is 0.943 bits per heavy atom. The molecule has 0 saturated carbocycles. The number of aromatic nitrogens is 2. The molecule has 10 nitrogen and oxygen atoms in total. The number of anilines is 3. The largest absolute Gasteiger partial charge is 0.324 e. The summed E-state index contributed by atoms with van der Waals surface area (Å²) in [5.41, 5.74) is 1.79. The topological polar surface area (TPSA) is 138 Å². The molecular weight excluding hydrogens is 514 g/mol. The van der Waals surface area contributed by atoms with Gasteiger partial charge in [-0.1, -0.05) is 11.6 Å².